The molecule has 1 aliphatic rings. The van der Waals surface area contributed by atoms with Gasteiger partial charge in [-0.05, 0) is 25.1 Å². The van der Waals surface area contributed by atoms with Crippen LogP contribution in [-0.2, 0) is 16.0 Å². The van der Waals surface area contributed by atoms with Crippen molar-refractivity contribution in [2.45, 2.75) is 13.1 Å². The Morgan fingerprint density at radius 2 is 1.79 bits per heavy atom. The van der Waals surface area contributed by atoms with Gasteiger partial charge in [-0.1, -0.05) is 6.07 Å². The normalized spacial score (nSPS) is 16.8. The smallest absolute Gasteiger partial charge is 0.335 e. The van der Waals surface area contributed by atoms with Crippen LogP contribution in [0.4, 0.5) is 13.2 Å². The largest absolute Gasteiger partial charge is 0.416 e. The third-order valence-corrected chi connectivity index (χ3v) is 5.97. The molecule has 150 valence electrons. The highest BCUT2D eigenvalue weighted by Gasteiger charge is 2.31. The van der Waals surface area contributed by atoms with Crippen molar-refractivity contribution in [2.24, 2.45) is 0 Å². The molecule has 2 aromatic rings. The van der Waals surface area contributed by atoms with E-state index in [4.69, 9.17) is 0 Å². The summed E-state index contributed by atoms with van der Waals surface area (Å²) >= 11 is 0. The maximum Gasteiger partial charge on any atom is 0.416 e. The number of aromatic nitrogens is 2. The zero-order chi connectivity index (χ0) is 20.7. The van der Waals surface area contributed by atoms with E-state index >= 15 is 0 Å². The van der Waals surface area contributed by atoms with Gasteiger partial charge >= 0.3 is 6.18 Å². The average Bonchev–Trinajstić information content (AvgIpc) is 2.61. The lowest BCUT2D eigenvalue weighted by molar-refractivity contribution is -0.137. The Bertz CT molecular complexity index is 1080. The number of carbonyl (C=O) groups excluding carboxylic acids is 1. The minimum atomic E-state index is -4.55. The zero-order valence-electron chi connectivity index (χ0n) is 14.7. The van der Waals surface area contributed by atoms with Gasteiger partial charge in [0.1, 0.15) is 0 Å². The van der Waals surface area contributed by atoms with Crippen LogP contribution in [0.5, 0.6) is 0 Å². The molecular formula is C17H16F3N3O4S. The van der Waals surface area contributed by atoms with Crippen LogP contribution in [0.2, 0.25) is 0 Å². The summed E-state index contributed by atoms with van der Waals surface area (Å²) < 4.78 is 63.0. The van der Waals surface area contributed by atoms with Gasteiger partial charge in [-0.3, -0.25) is 9.59 Å². The van der Waals surface area contributed by atoms with Gasteiger partial charge < -0.3 is 4.90 Å². The minimum absolute atomic E-state index is 0.0441. The van der Waals surface area contributed by atoms with E-state index in [1.807, 2.05) is 0 Å². The summed E-state index contributed by atoms with van der Waals surface area (Å²) in [5, 5.41) is 3.97. The van der Waals surface area contributed by atoms with Gasteiger partial charge in [0.15, 0.2) is 15.5 Å². The number of amides is 1. The van der Waals surface area contributed by atoms with Crippen molar-refractivity contribution in [1.29, 1.82) is 0 Å². The quantitative estimate of drug-likeness (QED) is 0.740. The van der Waals surface area contributed by atoms with Crippen LogP contribution in [0.25, 0.3) is 5.69 Å². The van der Waals surface area contributed by atoms with Crippen LogP contribution >= 0.6 is 0 Å². The summed E-state index contributed by atoms with van der Waals surface area (Å²) in [6.07, 6.45) is -4.55. The Morgan fingerprint density at radius 1 is 1.14 bits per heavy atom. The molecule has 0 spiro atoms. The van der Waals surface area contributed by atoms with Crippen molar-refractivity contribution in [3.05, 3.63) is 57.5 Å². The first kappa shape index (κ1) is 20.1. The molecule has 0 N–H and O–H groups in total. The molecule has 1 fully saturated rings. The van der Waals surface area contributed by atoms with E-state index in [1.165, 1.54) is 24.0 Å². The Kier molecular flexibility index (Phi) is 5.04. The summed E-state index contributed by atoms with van der Waals surface area (Å²) in [5.41, 5.74) is -1.75. The highest BCUT2D eigenvalue weighted by atomic mass is 32.2. The molecule has 7 nitrogen and oxygen atoms in total. The number of nitrogens with zero attached hydrogens (tertiary/aromatic N) is 3. The predicted octanol–water partition coefficient (Wildman–Crippen LogP) is 1.43. The molecule has 1 saturated heterocycles. The van der Waals surface area contributed by atoms with E-state index in [9.17, 15) is 31.2 Å². The fraction of sp³-hybridized carbons (Fsp3) is 0.353. The van der Waals surface area contributed by atoms with Crippen molar-refractivity contribution < 1.29 is 26.4 Å². The second kappa shape index (κ2) is 7.04. The Morgan fingerprint density at radius 3 is 2.39 bits per heavy atom. The lowest BCUT2D eigenvalue weighted by Crippen LogP contribution is -2.45. The topological polar surface area (TPSA) is 89.3 Å². The molecule has 2 heterocycles. The number of sulfone groups is 1. The molecule has 3 rings (SSSR count). The van der Waals surface area contributed by atoms with Gasteiger partial charge in [0.25, 0.3) is 5.91 Å². The number of aryl methyl sites for hydroxylation is 1. The highest BCUT2D eigenvalue weighted by Crippen LogP contribution is 2.30. The first-order valence-electron chi connectivity index (χ1n) is 8.26. The molecule has 0 saturated carbocycles. The van der Waals surface area contributed by atoms with Gasteiger partial charge in [-0.25, -0.2) is 13.1 Å². The van der Waals surface area contributed by atoms with E-state index in [1.54, 1.807) is 0 Å². The van der Waals surface area contributed by atoms with Crippen molar-refractivity contribution in [3.8, 4) is 5.69 Å². The van der Waals surface area contributed by atoms with Gasteiger partial charge in [-0.15, -0.1) is 0 Å². The maximum absolute atomic E-state index is 13.0. The van der Waals surface area contributed by atoms with E-state index in [0.29, 0.717) is 0 Å². The average molecular weight is 415 g/mol. The number of hydrogen-bond acceptors (Lipinski definition) is 5. The Balaban J connectivity index is 2.00. The Labute approximate surface area is 158 Å². The highest BCUT2D eigenvalue weighted by molar-refractivity contribution is 7.91. The van der Waals surface area contributed by atoms with Gasteiger partial charge in [-0.2, -0.15) is 18.3 Å². The first-order chi connectivity index (χ1) is 13.0. The number of halogens is 3. The number of carbonyl (C=O) groups is 1. The van der Waals surface area contributed by atoms with Crippen LogP contribution in [0.15, 0.2) is 35.1 Å². The van der Waals surface area contributed by atoms with Crippen molar-refractivity contribution in [1.82, 2.24) is 14.7 Å². The van der Waals surface area contributed by atoms with Crippen LogP contribution in [0.1, 0.15) is 21.7 Å². The van der Waals surface area contributed by atoms with Crippen molar-refractivity contribution in [2.75, 3.05) is 24.6 Å². The molecule has 0 bridgehead atoms. The molecular weight excluding hydrogens is 399 g/mol. The third kappa shape index (κ3) is 4.08. The zero-order valence-corrected chi connectivity index (χ0v) is 15.5. The molecule has 0 radical (unpaired) electrons. The van der Waals surface area contributed by atoms with Crippen LogP contribution in [0.3, 0.4) is 0 Å². The molecule has 1 aromatic carbocycles. The summed E-state index contributed by atoms with van der Waals surface area (Å²) in [5.74, 6) is -1.18. The van der Waals surface area contributed by atoms with Gasteiger partial charge in [0.05, 0.1) is 22.8 Å². The molecule has 11 heteroatoms. The minimum Gasteiger partial charge on any atom is -0.335 e. The maximum atomic E-state index is 13.0. The van der Waals surface area contributed by atoms with E-state index in [0.717, 1.165) is 22.9 Å². The Hall–Kier alpha value is -2.69. The fourth-order valence-electron chi connectivity index (χ4n) is 2.84. The second-order valence-corrected chi connectivity index (χ2v) is 8.71. The van der Waals surface area contributed by atoms with Crippen molar-refractivity contribution in [3.63, 3.8) is 0 Å². The van der Waals surface area contributed by atoms with E-state index < -0.39 is 38.6 Å². The van der Waals surface area contributed by atoms with Crippen LogP contribution in [0, 0.1) is 6.92 Å². The lowest BCUT2D eigenvalue weighted by atomic mass is 10.2. The monoisotopic (exact) mass is 415 g/mol. The summed E-state index contributed by atoms with van der Waals surface area (Å²) in [4.78, 5) is 26.1. The summed E-state index contributed by atoms with van der Waals surface area (Å²) in [7, 11) is -3.22. The molecule has 0 aliphatic carbocycles. The fourth-order valence-corrected chi connectivity index (χ4v) is 4.04. The molecule has 1 amide bonds. The molecule has 1 aromatic heterocycles. The van der Waals surface area contributed by atoms with Crippen LogP contribution in [-0.4, -0.2) is 53.6 Å². The third-order valence-electron chi connectivity index (χ3n) is 4.36. The summed E-state index contributed by atoms with van der Waals surface area (Å²) in [6, 6.07) is 5.46. The number of alkyl halides is 3. The standard InChI is InChI=1S/C17H16F3N3O4S/c1-11-9-14(24)15(16(25)22-5-7-28(26,27)8-6-22)21-23(11)13-4-2-3-12(10-13)17(18,19)20/h2-4,9-10H,5-8H2,1H3. The van der Waals surface area contributed by atoms with E-state index in [-0.39, 0.29) is 36.0 Å². The SMILES string of the molecule is Cc1cc(=O)c(C(=O)N2CCS(=O)(=O)CC2)nn1-c1cccc(C(F)(F)F)c1. The number of benzene rings is 1. The first-order valence-corrected chi connectivity index (χ1v) is 10.1. The predicted molar refractivity (Wildman–Crippen MR) is 94.1 cm³/mol. The lowest BCUT2D eigenvalue weighted by Gasteiger charge is -2.26. The second-order valence-electron chi connectivity index (χ2n) is 6.40. The molecule has 28 heavy (non-hydrogen) atoms. The number of rotatable bonds is 2. The molecule has 0 atom stereocenters. The molecule has 1 aliphatic heterocycles. The van der Waals surface area contributed by atoms with Crippen molar-refractivity contribution >= 4 is 15.7 Å². The molecule has 0 unspecified atom stereocenters. The van der Waals surface area contributed by atoms with Gasteiger partial charge in [0.2, 0.25) is 5.43 Å². The summed E-state index contributed by atoms with van der Waals surface area (Å²) in [6.45, 7) is 1.34. The van der Waals surface area contributed by atoms with Crippen LogP contribution < -0.4 is 5.43 Å². The van der Waals surface area contributed by atoms with E-state index in [2.05, 4.69) is 5.10 Å². The van der Waals surface area contributed by atoms with Gasteiger partial charge in [0, 0.05) is 24.8 Å². The number of hydrogen-bond donors (Lipinski definition) is 0.